The van der Waals surface area contributed by atoms with Crippen LogP contribution < -0.4 is 9.80 Å². The van der Waals surface area contributed by atoms with Gasteiger partial charge in [-0.25, -0.2) is 0 Å². The molecule has 0 amide bonds. The van der Waals surface area contributed by atoms with Crippen LogP contribution in [0.3, 0.4) is 0 Å². The summed E-state index contributed by atoms with van der Waals surface area (Å²) in [5.41, 5.74) is 25.7. The molecule has 0 heterocycles. The zero-order valence-electron chi connectivity index (χ0n) is 47.7. The SMILES string of the molecule is c1ccc(-c2ccc(-c3ccccc3)c(N(c3ccccc3)c3ccc4c5c(ccc4c3)-c3ccc4cc(N(c6ccccc6)c6cc(-c7ccccc7)ccc6-c6ccccc6)ccc4c3C53c4ccccc4-c4c3ccc3ccccc43)c2)cc1. The number of hydrogen-bond donors (Lipinski definition) is 0. The largest absolute Gasteiger partial charge is 0.310 e. The minimum Gasteiger partial charge on any atom is -0.310 e. The molecule has 0 saturated carbocycles. The molecule has 0 bridgehead atoms. The number of nitrogens with zero attached hydrogens (tertiary/aromatic N) is 2. The zero-order valence-corrected chi connectivity index (χ0v) is 47.7. The van der Waals surface area contributed by atoms with Crippen LogP contribution in [0.25, 0.3) is 99.1 Å². The standard InChI is InChI=1S/C85H56N2/c1-7-23-57(24-8-1)62-39-46-70(59-27-11-3-12-28-59)80(55-62)86(66-32-15-5-16-33-66)68-44-50-73-64(53-68)41-48-75-76-49-42-65-54-69(87(67-34-17-6-18-35-67)81-56-63(58-25-9-2-10-26-58)40-47-71(81)60-29-13-4-14-30-60)45-51-74(65)84(76)85(83(73)75)78-38-22-21-37-77(78)82-72-36-20-19-31-61(72)43-52-79(82)85/h1-56H. The summed E-state index contributed by atoms with van der Waals surface area (Å²) in [6, 6.07) is 126. The molecule has 2 aliphatic carbocycles. The van der Waals surface area contributed by atoms with E-state index in [1.54, 1.807) is 0 Å². The number of anilines is 6. The molecular formula is C85H56N2. The summed E-state index contributed by atoms with van der Waals surface area (Å²) in [7, 11) is 0. The van der Waals surface area contributed by atoms with Gasteiger partial charge in [0.15, 0.2) is 0 Å². The third kappa shape index (κ3) is 8.03. The third-order valence-corrected chi connectivity index (χ3v) is 18.4. The second-order valence-corrected chi connectivity index (χ2v) is 23.1. The molecule has 406 valence electrons. The molecule has 2 nitrogen and oxygen atoms in total. The minimum atomic E-state index is -0.671. The van der Waals surface area contributed by atoms with Crippen molar-refractivity contribution in [1.82, 2.24) is 0 Å². The van der Waals surface area contributed by atoms with Crippen LogP contribution in [0, 0.1) is 0 Å². The lowest BCUT2D eigenvalue weighted by Gasteiger charge is -2.33. The number of hydrogen-bond acceptors (Lipinski definition) is 2. The van der Waals surface area contributed by atoms with Crippen molar-refractivity contribution in [2.24, 2.45) is 0 Å². The van der Waals surface area contributed by atoms with E-state index in [0.29, 0.717) is 0 Å². The van der Waals surface area contributed by atoms with E-state index in [2.05, 4.69) is 350 Å². The van der Waals surface area contributed by atoms with Gasteiger partial charge in [0.25, 0.3) is 0 Å². The lowest BCUT2D eigenvalue weighted by atomic mass is 9.68. The Labute approximate surface area is 507 Å². The van der Waals surface area contributed by atoms with E-state index >= 15 is 0 Å². The average Bonchev–Trinajstić information content (AvgIpc) is 1.50. The Morgan fingerprint density at radius 3 is 1.10 bits per heavy atom. The lowest BCUT2D eigenvalue weighted by Crippen LogP contribution is -2.26. The van der Waals surface area contributed by atoms with E-state index in [9.17, 15) is 0 Å². The van der Waals surface area contributed by atoms with Gasteiger partial charge in [-0.15, -0.1) is 0 Å². The van der Waals surface area contributed by atoms with E-state index in [1.807, 2.05) is 0 Å². The molecule has 0 atom stereocenters. The van der Waals surface area contributed by atoms with E-state index < -0.39 is 5.41 Å². The fraction of sp³-hybridized carbons (Fsp3) is 0.0118. The second kappa shape index (κ2) is 20.5. The Morgan fingerprint density at radius 2 is 0.609 bits per heavy atom. The smallest absolute Gasteiger partial charge is 0.0737 e. The summed E-state index contributed by atoms with van der Waals surface area (Å²) in [6.07, 6.45) is 0. The predicted molar refractivity (Wildman–Crippen MR) is 366 cm³/mol. The molecule has 0 aromatic heterocycles. The summed E-state index contributed by atoms with van der Waals surface area (Å²) >= 11 is 0. The van der Waals surface area contributed by atoms with Gasteiger partial charge >= 0.3 is 0 Å². The molecule has 0 aliphatic heterocycles. The van der Waals surface area contributed by atoms with Crippen molar-refractivity contribution in [2.45, 2.75) is 5.41 Å². The van der Waals surface area contributed by atoms with Crippen molar-refractivity contribution >= 4 is 66.4 Å². The van der Waals surface area contributed by atoms with Crippen molar-refractivity contribution in [3.8, 4) is 66.8 Å². The second-order valence-electron chi connectivity index (χ2n) is 23.1. The highest BCUT2D eigenvalue weighted by atomic mass is 15.2. The van der Waals surface area contributed by atoms with Gasteiger partial charge in [-0.2, -0.15) is 0 Å². The Hall–Kier alpha value is -11.3. The molecule has 17 rings (SSSR count). The highest BCUT2D eigenvalue weighted by Crippen LogP contribution is 2.66. The maximum absolute atomic E-state index is 2.46. The van der Waals surface area contributed by atoms with Crippen LogP contribution in [-0.4, -0.2) is 0 Å². The van der Waals surface area contributed by atoms with Crippen molar-refractivity contribution < 1.29 is 0 Å². The van der Waals surface area contributed by atoms with Crippen molar-refractivity contribution in [3.63, 3.8) is 0 Å². The van der Waals surface area contributed by atoms with E-state index in [0.717, 1.165) is 56.4 Å². The fourth-order valence-corrected chi connectivity index (χ4v) is 14.7. The van der Waals surface area contributed by atoms with Crippen LogP contribution in [0.5, 0.6) is 0 Å². The lowest BCUT2D eigenvalue weighted by molar-refractivity contribution is 0.810. The van der Waals surface area contributed by atoms with Crippen molar-refractivity contribution in [2.75, 3.05) is 9.80 Å². The van der Waals surface area contributed by atoms with Gasteiger partial charge in [0, 0.05) is 33.9 Å². The average molecular weight is 1110 g/mol. The Morgan fingerprint density at radius 1 is 0.207 bits per heavy atom. The number of para-hydroxylation sites is 2. The summed E-state index contributed by atoms with van der Waals surface area (Å²) in [4.78, 5) is 4.92. The van der Waals surface area contributed by atoms with Gasteiger partial charge < -0.3 is 9.80 Å². The molecule has 2 heteroatoms. The number of fused-ring (bicyclic) bond motifs is 16. The van der Waals surface area contributed by atoms with Gasteiger partial charge in [-0.3, -0.25) is 0 Å². The maximum atomic E-state index is 2.46. The van der Waals surface area contributed by atoms with Crippen molar-refractivity contribution in [3.05, 3.63) is 362 Å². The summed E-state index contributed by atoms with van der Waals surface area (Å²) in [6.45, 7) is 0. The first-order valence-corrected chi connectivity index (χ1v) is 30.1. The normalized spacial score (nSPS) is 12.5. The molecule has 2 aliphatic rings. The Kier molecular flexibility index (Phi) is 11.8. The van der Waals surface area contributed by atoms with Crippen LogP contribution in [0.1, 0.15) is 22.3 Å². The van der Waals surface area contributed by atoms with Crippen molar-refractivity contribution in [1.29, 1.82) is 0 Å². The molecule has 87 heavy (non-hydrogen) atoms. The third-order valence-electron chi connectivity index (χ3n) is 18.4. The van der Waals surface area contributed by atoms with Gasteiger partial charge in [0.1, 0.15) is 0 Å². The van der Waals surface area contributed by atoms with E-state index in [-0.39, 0.29) is 0 Å². The first-order chi connectivity index (χ1) is 43.2. The van der Waals surface area contributed by atoms with Gasteiger partial charge in [0.05, 0.1) is 16.8 Å². The molecule has 1 spiro atoms. The molecule has 0 radical (unpaired) electrons. The van der Waals surface area contributed by atoms with Gasteiger partial charge in [-0.05, 0) is 171 Å². The molecule has 0 fully saturated rings. The van der Waals surface area contributed by atoms with E-state index in [1.165, 1.54) is 99.1 Å². The van der Waals surface area contributed by atoms with Crippen LogP contribution in [0.15, 0.2) is 340 Å². The molecular weight excluding hydrogens is 1050 g/mol. The first-order valence-electron chi connectivity index (χ1n) is 30.1. The number of rotatable bonds is 10. The van der Waals surface area contributed by atoms with Crippen LogP contribution in [0.2, 0.25) is 0 Å². The van der Waals surface area contributed by atoms with E-state index in [4.69, 9.17) is 0 Å². The van der Waals surface area contributed by atoms with Crippen LogP contribution >= 0.6 is 0 Å². The molecule has 0 saturated heterocycles. The van der Waals surface area contributed by atoms with Crippen LogP contribution in [-0.2, 0) is 5.41 Å². The van der Waals surface area contributed by atoms with Gasteiger partial charge in [0.2, 0.25) is 0 Å². The summed E-state index contributed by atoms with van der Waals surface area (Å²) in [5.74, 6) is 0. The Balaban J connectivity index is 0.906. The molecule has 15 aromatic carbocycles. The van der Waals surface area contributed by atoms with Crippen LogP contribution in [0.4, 0.5) is 34.1 Å². The fourth-order valence-electron chi connectivity index (χ4n) is 14.7. The number of benzene rings is 15. The highest BCUT2D eigenvalue weighted by Gasteiger charge is 2.53. The molecule has 0 unspecified atom stereocenters. The molecule has 15 aromatic rings. The zero-order chi connectivity index (χ0) is 57.4. The molecule has 0 N–H and O–H groups in total. The monoisotopic (exact) mass is 1100 g/mol. The first kappa shape index (κ1) is 50.2. The quantitative estimate of drug-likeness (QED) is 0.135. The maximum Gasteiger partial charge on any atom is 0.0737 e. The predicted octanol–water partition coefficient (Wildman–Crippen LogP) is 23.1. The minimum absolute atomic E-state index is 0.671. The highest BCUT2D eigenvalue weighted by molar-refractivity contribution is 6.13. The topological polar surface area (TPSA) is 6.48 Å². The summed E-state index contributed by atoms with van der Waals surface area (Å²) in [5, 5.41) is 7.36. The Bertz CT molecular complexity index is 4880. The summed E-state index contributed by atoms with van der Waals surface area (Å²) < 4.78 is 0. The van der Waals surface area contributed by atoms with Gasteiger partial charge in [-0.1, -0.05) is 279 Å².